The van der Waals surface area contributed by atoms with Gasteiger partial charge in [-0.1, -0.05) is 0 Å². The van der Waals surface area contributed by atoms with Gasteiger partial charge in [0.15, 0.2) is 0 Å². The minimum Gasteiger partial charge on any atom is -0.395 e. The van der Waals surface area contributed by atoms with Crippen molar-refractivity contribution in [3.63, 3.8) is 0 Å². The first-order valence-corrected chi connectivity index (χ1v) is 4.36. The molecule has 0 saturated heterocycles. The van der Waals surface area contributed by atoms with Gasteiger partial charge in [-0.05, 0) is 0 Å². The third-order valence-electron chi connectivity index (χ3n) is 1.89. The summed E-state index contributed by atoms with van der Waals surface area (Å²) in [5, 5.41) is 14.7. The molecule has 0 spiro atoms. The monoisotopic (exact) mass is 259 g/mol. The third kappa shape index (κ3) is 3.66. The normalized spacial score (nSPS) is 11.3. The van der Waals surface area contributed by atoms with Crippen molar-refractivity contribution in [3.05, 3.63) is 17.5 Å². The van der Waals surface area contributed by atoms with Gasteiger partial charge in [-0.3, -0.25) is 4.68 Å². The van der Waals surface area contributed by atoms with Gasteiger partial charge in [-0.25, -0.2) is 0 Å². The Kier molecular flexibility index (Phi) is 5.77. The maximum absolute atomic E-state index is 12.5. The first-order chi connectivity index (χ1) is 6.96. The zero-order chi connectivity index (χ0) is 11.5. The number of nitrogens with zero attached hydrogens (tertiary/aromatic N) is 2. The number of hydrogen-bond donors (Lipinski definition) is 2. The zero-order valence-electron chi connectivity index (χ0n) is 8.58. The van der Waals surface area contributed by atoms with Crippen LogP contribution in [0, 0.1) is 0 Å². The predicted octanol–water partition coefficient (Wildman–Crippen LogP) is 0.943. The average molecular weight is 260 g/mol. The van der Waals surface area contributed by atoms with E-state index < -0.39 is 11.9 Å². The van der Waals surface area contributed by atoms with Crippen LogP contribution in [0.5, 0.6) is 0 Å². The molecule has 1 heterocycles. The minimum atomic E-state index is -4.40. The topological polar surface area (TPSA) is 50.1 Å². The number of hydrogen-bond acceptors (Lipinski definition) is 3. The lowest BCUT2D eigenvalue weighted by Gasteiger charge is -2.10. The van der Waals surface area contributed by atoms with Gasteiger partial charge in [0, 0.05) is 25.7 Å². The molecule has 0 aliphatic rings. The highest BCUT2D eigenvalue weighted by Crippen LogP contribution is 2.31. The van der Waals surface area contributed by atoms with Gasteiger partial charge in [-0.15, -0.1) is 12.4 Å². The number of nitrogens with one attached hydrogen (secondary N) is 1. The smallest absolute Gasteiger partial charge is 0.395 e. The number of aromatic nitrogens is 2. The molecule has 4 nitrogen and oxygen atoms in total. The number of aryl methyl sites for hydroxylation is 1. The molecule has 0 unspecified atom stereocenters. The van der Waals surface area contributed by atoms with E-state index in [0.717, 1.165) is 4.68 Å². The molecule has 8 heteroatoms. The number of alkyl halides is 3. The van der Waals surface area contributed by atoms with Gasteiger partial charge in [-0.2, -0.15) is 18.3 Å². The van der Waals surface area contributed by atoms with Gasteiger partial charge in [0.25, 0.3) is 0 Å². The summed E-state index contributed by atoms with van der Waals surface area (Å²) in [6.07, 6.45) is -3.23. The summed E-state index contributed by atoms with van der Waals surface area (Å²) >= 11 is 0. The number of halogens is 4. The lowest BCUT2D eigenvalue weighted by Crippen LogP contribution is -2.21. The van der Waals surface area contributed by atoms with Crippen LogP contribution in [-0.4, -0.2) is 28.0 Å². The molecule has 0 saturated carbocycles. The molecule has 0 aliphatic carbocycles. The molecular weight excluding hydrogens is 247 g/mol. The van der Waals surface area contributed by atoms with Crippen LogP contribution in [0.25, 0.3) is 0 Å². The summed E-state index contributed by atoms with van der Waals surface area (Å²) in [7, 11) is 1.25. The van der Waals surface area contributed by atoms with Crippen molar-refractivity contribution in [1.29, 1.82) is 0 Å². The Morgan fingerprint density at radius 1 is 1.50 bits per heavy atom. The van der Waals surface area contributed by atoms with Crippen molar-refractivity contribution in [1.82, 2.24) is 15.1 Å². The SMILES string of the molecule is Cl.Cn1ncc(CNCCO)c1C(F)(F)F. The Bertz CT molecular complexity index is 327. The molecular formula is C8H13ClF3N3O. The van der Waals surface area contributed by atoms with E-state index in [2.05, 4.69) is 10.4 Å². The zero-order valence-corrected chi connectivity index (χ0v) is 9.40. The van der Waals surface area contributed by atoms with Crippen LogP contribution in [0.15, 0.2) is 6.20 Å². The second kappa shape index (κ2) is 6.07. The molecule has 0 bridgehead atoms. The van der Waals surface area contributed by atoms with Crippen LogP contribution in [0.2, 0.25) is 0 Å². The summed E-state index contributed by atoms with van der Waals surface area (Å²) in [6, 6.07) is 0. The van der Waals surface area contributed by atoms with Gasteiger partial charge < -0.3 is 10.4 Å². The Morgan fingerprint density at radius 3 is 2.62 bits per heavy atom. The summed E-state index contributed by atoms with van der Waals surface area (Å²) in [4.78, 5) is 0. The lowest BCUT2D eigenvalue weighted by atomic mass is 10.2. The van der Waals surface area contributed by atoms with Crippen LogP contribution in [0.4, 0.5) is 13.2 Å². The first-order valence-electron chi connectivity index (χ1n) is 4.36. The van der Waals surface area contributed by atoms with Crippen molar-refractivity contribution in [2.75, 3.05) is 13.2 Å². The van der Waals surface area contributed by atoms with Crippen LogP contribution >= 0.6 is 12.4 Å². The van der Waals surface area contributed by atoms with E-state index in [1.165, 1.54) is 13.2 Å². The number of aliphatic hydroxyl groups excluding tert-OH is 1. The van der Waals surface area contributed by atoms with Crippen LogP contribution in [-0.2, 0) is 19.8 Å². The molecule has 1 aromatic rings. The van der Waals surface area contributed by atoms with Crippen molar-refractivity contribution in [2.45, 2.75) is 12.7 Å². The van der Waals surface area contributed by atoms with E-state index in [0.29, 0.717) is 0 Å². The minimum absolute atomic E-state index is 0. The van der Waals surface area contributed by atoms with Crippen molar-refractivity contribution < 1.29 is 18.3 Å². The number of aliphatic hydroxyl groups is 1. The molecule has 0 aliphatic heterocycles. The highest BCUT2D eigenvalue weighted by atomic mass is 35.5. The molecule has 0 atom stereocenters. The predicted molar refractivity (Wildman–Crippen MR) is 54.3 cm³/mol. The maximum Gasteiger partial charge on any atom is 0.433 e. The second-order valence-corrected chi connectivity index (χ2v) is 3.04. The molecule has 0 amide bonds. The van der Waals surface area contributed by atoms with Crippen LogP contribution < -0.4 is 5.32 Å². The molecule has 2 N–H and O–H groups in total. The molecule has 16 heavy (non-hydrogen) atoms. The first kappa shape index (κ1) is 15.2. The summed E-state index contributed by atoms with van der Waals surface area (Å²) in [5.41, 5.74) is -0.675. The second-order valence-electron chi connectivity index (χ2n) is 3.04. The summed E-state index contributed by atoms with van der Waals surface area (Å²) in [6.45, 7) is 0.192. The Morgan fingerprint density at radius 2 is 2.12 bits per heavy atom. The average Bonchev–Trinajstić information content (AvgIpc) is 2.47. The molecule has 94 valence electrons. The quantitative estimate of drug-likeness (QED) is 0.792. The van der Waals surface area contributed by atoms with E-state index in [1.54, 1.807) is 0 Å². The number of rotatable bonds is 4. The highest BCUT2D eigenvalue weighted by molar-refractivity contribution is 5.85. The van der Waals surface area contributed by atoms with Crippen LogP contribution in [0.1, 0.15) is 11.3 Å². The van der Waals surface area contributed by atoms with Gasteiger partial charge in [0.05, 0.1) is 12.8 Å². The largest absolute Gasteiger partial charge is 0.433 e. The fourth-order valence-corrected chi connectivity index (χ4v) is 1.28. The van der Waals surface area contributed by atoms with E-state index in [1.807, 2.05) is 0 Å². The maximum atomic E-state index is 12.5. The fraction of sp³-hybridized carbons (Fsp3) is 0.625. The standard InChI is InChI=1S/C8H12F3N3O.ClH/c1-14-7(8(9,10)11)6(5-13-14)4-12-2-3-15;/h5,12,15H,2-4H2,1H3;1H. The summed E-state index contributed by atoms with van der Waals surface area (Å²) in [5.74, 6) is 0. The molecule has 1 aromatic heterocycles. The van der Waals surface area contributed by atoms with E-state index in [-0.39, 0.29) is 37.7 Å². The molecule has 1 rings (SSSR count). The van der Waals surface area contributed by atoms with Crippen molar-refractivity contribution in [2.24, 2.45) is 7.05 Å². The van der Waals surface area contributed by atoms with Gasteiger partial charge in [0.1, 0.15) is 5.69 Å². The van der Waals surface area contributed by atoms with E-state index >= 15 is 0 Å². The van der Waals surface area contributed by atoms with Gasteiger partial charge >= 0.3 is 6.18 Å². The van der Waals surface area contributed by atoms with E-state index in [9.17, 15) is 13.2 Å². The Labute approximate surface area is 96.9 Å². The molecule has 0 fully saturated rings. The fourth-order valence-electron chi connectivity index (χ4n) is 1.28. The van der Waals surface area contributed by atoms with Gasteiger partial charge in [0.2, 0.25) is 0 Å². The Hall–Kier alpha value is -0.790. The van der Waals surface area contributed by atoms with Crippen molar-refractivity contribution in [3.8, 4) is 0 Å². The van der Waals surface area contributed by atoms with E-state index in [4.69, 9.17) is 5.11 Å². The Balaban J connectivity index is 0.00000225. The van der Waals surface area contributed by atoms with Crippen molar-refractivity contribution >= 4 is 12.4 Å². The molecule has 0 radical (unpaired) electrons. The highest BCUT2D eigenvalue weighted by Gasteiger charge is 2.36. The third-order valence-corrected chi connectivity index (χ3v) is 1.89. The summed E-state index contributed by atoms with van der Waals surface area (Å²) < 4.78 is 38.3. The lowest BCUT2D eigenvalue weighted by molar-refractivity contribution is -0.144. The molecule has 0 aromatic carbocycles. The van der Waals surface area contributed by atoms with Crippen LogP contribution in [0.3, 0.4) is 0 Å².